The largest absolute Gasteiger partial charge is 0.457 e. The van der Waals surface area contributed by atoms with E-state index in [9.17, 15) is 19.7 Å². The van der Waals surface area contributed by atoms with E-state index in [0.29, 0.717) is 10.9 Å². The van der Waals surface area contributed by atoms with Crippen molar-refractivity contribution < 1.29 is 19.2 Å². The second-order valence-electron chi connectivity index (χ2n) is 5.78. The molecule has 1 aliphatic heterocycles. The number of aromatic nitrogens is 1. The predicted molar refractivity (Wildman–Crippen MR) is 97.6 cm³/mol. The first-order valence-electron chi connectivity index (χ1n) is 7.81. The number of nitrogens with zero attached hydrogens (tertiary/aromatic N) is 3. The Bertz CT molecular complexity index is 1110. The van der Waals surface area contributed by atoms with E-state index in [-0.39, 0.29) is 22.6 Å². The van der Waals surface area contributed by atoms with Gasteiger partial charge in [-0.25, -0.2) is 9.88 Å². The minimum Gasteiger partial charge on any atom is -0.457 e. The molecular formula is C18H11N3O5S. The maximum absolute atomic E-state index is 12.7. The van der Waals surface area contributed by atoms with Crippen molar-refractivity contribution in [2.24, 2.45) is 0 Å². The molecular weight excluding hydrogens is 370 g/mol. The van der Waals surface area contributed by atoms with Crippen LogP contribution in [0.3, 0.4) is 0 Å². The van der Waals surface area contributed by atoms with Crippen LogP contribution in [0.25, 0.3) is 0 Å². The molecule has 0 bridgehead atoms. The maximum atomic E-state index is 12.7. The van der Waals surface area contributed by atoms with E-state index in [2.05, 4.69) is 4.98 Å². The molecule has 1 aliphatic rings. The summed E-state index contributed by atoms with van der Waals surface area (Å²) in [7, 11) is 0. The summed E-state index contributed by atoms with van der Waals surface area (Å²) in [6.07, 6.45) is 0. The quantitative estimate of drug-likeness (QED) is 0.385. The van der Waals surface area contributed by atoms with Crippen molar-refractivity contribution in [3.8, 4) is 11.5 Å². The summed E-state index contributed by atoms with van der Waals surface area (Å²) < 4.78 is 5.62. The number of hydrogen-bond acceptors (Lipinski definition) is 7. The normalized spacial score (nSPS) is 13.0. The first kappa shape index (κ1) is 16.9. The van der Waals surface area contributed by atoms with Crippen LogP contribution in [0, 0.1) is 17.0 Å². The summed E-state index contributed by atoms with van der Waals surface area (Å²) in [6, 6.07) is 10.2. The third-order valence-corrected chi connectivity index (χ3v) is 4.86. The number of nitro benzene ring substituents is 1. The summed E-state index contributed by atoms with van der Waals surface area (Å²) in [4.78, 5) is 40.8. The fraction of sp³-hybridized carbons (Fsp3) is 0.0556. The molecule has 0 spiro atoms. The summed E-state index contributed by atoms with van der Waals surface area (Å²) in [5, 5.41) is 12.9. The number of rotatable bonds is 4. The molecule has 0 N–H and O–H groups in total. The van der Waals surface area contributed by atoms with Crippen molar-refractivity contribution in [1.29, 1.82) is 0 Å². The van der Waals surface area contributed by atoms with Crippen molar-refractivity contribution in [3.63, 3.8) is 0 Å². The molecule has 27 heavy (non-hydrogen) atoms. The van der Waals surface area contributed by atoms with Gasteiger partial charge >= 0.3 is 0 Å². The molecule has 0 aliphatic carbocycles. The van der Waals surface area contributed by atoms with Crippen molar-refractivity contribution in [2.45, 2.75) is 6.92 Å². The lowest BCUT2D eigenvalue weighted by Gasteiger charge is -2.08. The number of fused-ring (bicyclic) bond motifs is 1. The molecule has 3 aromatic rings. The number of non-ortho nitro benzene ring substituents is 1. The summed E-state index contributed by atoms with van der Waals surface area (Å²) in [5.41, 5.74) is 1.08. The molecule has 2 amide bonds. The smallest absolute Gasteiger partial charge is 0.273 e. The maximum Gasteiger partial charge on any atom is 0.273 e. The first-order valence-corrected chi connectivity index (χ1v) is 8.69. The zero-order valence-corrected chi connectivity index (χ0v) is 14.7. The number of amides is 2. The molecule has 9 heteroatoms. The highest BCUT2D eigenvalue weighted by molar-refractivity contribution is 7.14. The van der Waals surface area contributed by atoms with E-state index < -0.39 is 16.7 Å². The van der Waals surface area contributed by atoms with Crippen LogP contribution in [0.5, 0.6) is 11.5 Å². The highest BCUT2D eigenvalue weighted by Crippen LogP contribution is 2.34. The SMILES string of the molecule is Cc1csc(N2C(=O)c3ccc(Oc4cccc([N+](=O)[O-])c4)cc3C2=O)n1. The summed E-state index contributed by atoms with van der Waals surface area (Å²) in [5.74, 6) is -0.360. The first-order chi connectivity index (χ1) is 12.9. The molecule has 0 fully saturated rings. The van der Waals surface area contributed by atoms with Crippen LogP contribution in [-0.4, -0.2) is 21.7 Å². The second kappa shape index (κ2) is 6.29. The lowest BCUT2D eigenvalue weighted by Crippen LogP contribution is -2.29. The molecule has 0 saturated carbocycles. The summed E-state index contributed by atoms with van der Waals surface area (Å²) in [6.45, 7) is 1.78. The molecule has 2 heterocycles. The van der Waals surface area contributed by atoms with E-state index in [1.807, 2.05) is 0 Å². The number of hydrogen-bond donors (Lipinski definition) is 0. The fourth-order valence-corrected chi connectivity index (χ4v) is 3.49. The highest BCUT2D eigenvalue weighted by atomic mass is 32.1. The number of nitro groups is 1. The number of benzene rings is 2. The number of ether oxygens (including phenoxy) is 1. The van der Waals surface area contributed by atoms with Gasteiger partial charge in [0.1, 0.15) is 11.5 Å². The average Bonchev–Trinajstić information content (AvgIpc) is 3.17. The van der Waals surface area contributed by atoms with E-state index in [1.54, 1.807) is 24.4 Å². The van der Waals surface area contributed by atoms with Gasteiger partial charge in [-0.15, -0.1) is 11.3 Å². The summed E-state index contributed by atoms with van der Waals surface area (Å²) >= 11 is 1.21. The van der Waals surface area contributed by atoms with Crippen LogP contribution in [0.4, 0.5) is 10.8 Å². The zero-order valence-electron chi connectivity index (χ0n) is 13.9. The van der Waals surface area contributed by atoms with Gasteiger partial charge in [0.05, 0.1) is 27.8 Å². The minimum absolute atomic E-state index is 0.106. The highest BCUT2D eigenvalue weighted by Gasteiger charge is 2.38. The van der Waals surface area contributed by atoms with Crippen molar-refractivity contribution in [1.82, 2.24) is 4.98 Å². The molecule has 4 rings (SSSR count). The Labute approximate surface area is 156 Å². The van der Waals surface area contributed by atoms with Gasteiger partial charge in [-0.1, -0.05) is 6.07 Å². The van der Waals surface area contributed by atoms with Gasteiger partial charge in [-0.05, 0) is 31.2 Å². The molecule has 1 aromatic heterocycles. The number of thiazole rings is 1. The third-order valence-electron chi connectivity index (χ3n) is 3.92. The van der Waals surface area contributed by atoms with Gasteiger partial charge in [0.2, 0.25) is 0 Å². The zero-order chi connectivity index (χ0) is 19.1. The van der Waals surface area contributed by atoms with Crippen LogP contribution in [0.2, 0.25) is 0 Å². The molecule has 0 atom stereocenters. The topological polar surface area (TPSA) is 103 Å². The predicted octanol–water partition coefficient (Wildman–Crippen LogP) is 3.95. The van der Waals surface area contributed by atoms with Crippen molar-refractivity contribution in [3.05, 3.63) is 74.8 Å². The van der Waals surface area contributed by atoms with Gasteiger partial charge in [-0.3, -0.25) is 19.7 Å². The third kappa shape index (κ3) is 2.93. The molecule has 8 nitrogen and oxygen atoms in total. The van der Waals surface area contributed by atoms with Gasteiger partial charge in [0.15, 0.2) is 5.13 Å². The Hall–Kier alpha value is -3.59. The standard InChI is InChI=1S/C18H11N3O5S/c1-10-9-27-18(19-10)20-16(22)14-6-5-13(8-15(14)17(20)23)26-12-4-2-3-11(7-12)21(24)25/h2-9H,1H3. The number of imide groups is 1. The van der Waals surface area contributed by atoms with Crippen molar-refractivity contribution in [2.75, 3.05) is 4.90 Å². The Morgan fingerprint density at radius 2 is 1.81 bits per heavy atom. The van der Waals surface area contributed by atoms with Crippen LogP contribution in [0.15, 0.2) is 47.8 Å². The monoisotopic (exact) mass is 381 g/mol. The molecule has 0 saturated heterocycles. The van der Waals surface area contributed by atoms with Gasteiger partial charge < -0.3 is 4.74 Å². The lowest BCUT2D eigenvalue weighted by atomic mass is 10.1. The van der Waals surface area contributed by atoms with E-state index >= 15 is 0 Å². The number of aryl methyl sites for hydroxylation is 1. The van der Waals surface area contributed by atoms with Crippen LogP contribution in [-0.2, 0) is 0 Å². The number of carbonyl (C=O) groups excluding carboxylic acids is 2. The Morgan fingerprint density at radius 1 is 1.07 bits per heavy atom. The van der Waals surface area contributed by atoms with Gasteiger partial charge in [0, 0.05) is 11.4 Å². The number of anilines is 1. The van der Waals surface area contributed by atoms with Crippen LogP contribution in [0.1, 0.15) is 26.4 Å². The van der Waals surface area contributed by atoms with Crippen LogP contribution < -0.4 is 9.64 Å². The molecule has 2 aromatic carbocycles. The van der Waals surface area contributed by atoms with Gasteiger partial charge in [0.25, 0.3) is 17.5 Å². The van der Waals surface area contributed by atoms with E-state index in [4.69, 9.17) is 4.74 Å². The van der Waals surface area contributed by atoms with Gasteiger partial charge in [-0.2, -0.15) is 0 Å². The average molecular weight is 381 g/mol. The van der Waals surface area contributed by atoms with Crippen LogP contribution >= 0.6 is 11.3 Å². The lowest BCUT2D eigenvalue weighted by molar-refractivity contribution is -0.384. The fourth-order valence-electron chi connectivity index (χ4n) is 2.70. The van der Waals surface area contributed by atoms with E-state index in [1.165, 1.54) is 41.7 Å². The minimum atomic E-state index is -0.522. The van der Waals surface area contributed by atoms with Crippen molar-refractivity contribution >= 4 is 34.0 Å². The molecule has 0 unspecified atom stereocenters. The second-order valence-corrected chi connectivity index (χ2v) is 6.62. The number of carbonyl (C=O) groups is 2. The Morgan fingerprint density at radius 3 is 2.52 bits per heavy atom. The Kier molecular flexibility index (Phi) is 3.93. The molecule has 0 radical (unpaired) electrons. The Balaban J connectivity index is 1.65. The van der Waals surface area contributed by atoms with E-state index in [0.717, 1.165) is 10.6 Å². The molecule has 134 valence electrons.